The molecule has 3 aromatic rings. The standard InChI is InChI=1S/C18H18BrN3O/c19-17-10-16-15(11-20-17)21-12-22(16)18(13-4-2-1-3-5-13)14-6-8-23-9-7-14/h1-5,10-12,14,18H,6-9H2. The molecular formula is C18H18BrN3O. The van der Waals surface area contributed by atoms with E-state index in [2.05, 4.69) is 66.9 Å². The van der Waals surface area contributed by atoms with Crippen molar-refractivity contribution < 1.29 is 4.74 Å². The molecule has 5 heteroatoms. The van der Waals surface area contributed by atoms with Gasteiger partial charge in [-0.15, -0.1) is 0 Å². The maximum absolute atomic E-state index is 5.57. The average molecular weight is 372 g/mol. The number of hydrogen-bond donors (Lipinski definition) is 0. The van der Waals surface area contributed by atoms with Gasteiger partial charge in [0.2, 0.25) is 0 Å². The van der Waals surface area contributed by atoms with Crippen LogP contribution in [0.5, 0.6) is 0 Å². The first kappa shape index (κ1) is 14.8. The third-order valence-electron chi connectivity index (χ3n) is 4.58. The van der Waals surface area contributed by atoms with Crippen LogP contribution in [-0.2, 0) is 4.74 Å². The minimum atomic E-state index is 0.277. The first-order valence-electron chi connectivity index (χ1n) is 7.94. The summed E-state index contributed by atoms with van der Waals surface area (Å²) in [5.41, 5.74) is 3.38. The Morgan fingerprint density at radius 2 is 1.91 bits per heavy atom. The zero-order chi connectivity index (χ0) is 15.6. The zero-order valence-electron chi connectivity index (χ0n) is 12.7. The Hall–Kier alpha value is -1.72. The Morgan fingerprint density at radius 1 is 1.13 bits per heavy atom. The molecular weight excluding hydrogens is 354 g/mol. The van der Waals surface area contributed by atoms with Gasteiger partial charge in [0.15, 0.2) is 0 Å². The summed E-state index contributed by atoms with van der Waals surface area (Å²) in [6.07, 6.45) is 5.92. The Bertz CT molecular complexity index is 796. The van der Waals surface area contributed by atoms with Gasteiger partial charge in [0, 0.05) is 13.2 Å². The van der Waals surface area contributed by atoms with Gasteiger partial charge in [0.1, 0.15) is 10.1 Å². The molecule has 0 aliphatic carbocycles. The van der Waals surface area contributed by atoms with E-state index in [1.165, 1.54) is 5.56 Å². The van der Waals surface area contributed by atoms with Gasteiger partial charge in [-0.2, -0.15) is 0 Å². The number of rotatable bonds is 3. The highest BCUT2D eigenvalue weighted by atomic mass is 79.9. The molecule has 0 spiro atoms. The lowest BCUT2D eigenvalue weighted by Gasteiger charge is -2.32. The Balaban J connectivity index is 1.84. The van der Waals surface area contributed by atoms with Crippen LogP contribution in [0.15, 0.2) is 53.5 Å². The normalized spacial score (nSPS) is 17.4. The molecule has 23 heavy (non-hydrogen) atoms. The van der Waals surface area contributed by atoms with Gasteiger partial charge in [0.05, 0.1) is 24.1 Å². The number of nitrogens with zero attached hydrogens (tertiary/aromatic N) is 3. The van der Waals surface area contributed by atoms with E-state index < -0.39 is 0 Å². The lowest BCUT2D eigenvalue weighted by Crippen LogP contribution is -2.26. The second kappa shape index (κ2) is 6.42. The third-order valence-corrected chi connectivity index (χ3v) is 5.01. The summed E-state index contributed by atoms with van der Waals surface area (Å²) in [7, 11) is 0. The van der Waals surface area contributed by atoms with Crippen LogP contribution in [0, 0.1) is 5.92 Å². The predicted octanol–water partition coefficient (Wildman–Crippen LogP) is 4.21. The van der Waals surface area contributed by atoms with E-state index in [-0.39, 0.29) is 6.04 Å². The summed E-state index contributed by atoms with van der Waals surface area (Å²) in [6, 6.07) is 13.0. The van der Waals surface area contributed by atoms with Crippen molar-refractivity contribution in [1.82, 2.24) is 14.5 Å². The van der Waals surface area contributed by atoms with Crippen molar-refractivity contribution in [2.24, 2.45) is 5.92 Å². The van der Waals surface area contributed by atoms with Crippen LogP contribution in [-0.4, -0.2) is 27.7 Å². The molecule has 1 aromatic carbocycles. The Morgan fingerprint density at radius 3 is 2.70 bits per heavy atom. The molecule has 1 saturated heterocycles. The molecule has 1 aliphatic rings. The van der Waals surface area contributed by atoms with E-state index in [4.69, 9.17) is 4.74 Å². The Kier molecular flexibility index (Phi) is 4.14. The van der Waals surface area contributed by atoms with E-state index in [0.717, 1.165) is 41.7 Å². The van der Waals surface area contributed by atoms with E-state index >= 15 is 0 Å². The number of benzene rings is 1. The average Bonchev–Trinajstić information content (AvgIpc) is 3.00. The molecule has 1 atom stereocenters. The molecule has 4 rings (SSSR count). The van der Waals surface area contributed by atoms with Gasteiger partial charge < -0.3 is 9.30 Å². The molecule has 118 valence electrons. The van der Waals surface area contributed by atoms with Crippen molar-refractivity contribution >= 4 is 27.0 Å². The largest absolute Gasteiger partial charge is 0.381 e. The fraction of sp³-hybridized carbons (Fsp3) is 0.333. The fourth-order valence-corrected chi connectivity index (χ4v) is 3.79. The molecule has 1 unspecified atom stereocenters. The second-order valence-corrected chi connectivity index (χ2v) is 6.77. The number of pyridine rings is 1. The molecule has 4 nitrogen and oxygen atoms in total. The lowest BCUT2D eigenvalue weighted by atomic mass is 9.87. The van der Waals surface area contributed by atoms with E-state index in [1.807, 2.05) is 12.5 Å². The van der Waals surface area contributed by atoms with E-state index in [0.29, 0.717) is 5.92 Å². The first-order valence-corrected chi connectivity index (χ1v) is 8.73. The number of aromatic nitrogens is 3. The third kappa shape index (κ3) is 2.91. The SMILES string of the molecule is Brc1cc2c(cn1)ncn2C(c1ccccc1)C1CCOCC1. The van der Waals surface area contributed by atoms with Crippen molar-refractivity contribution in [2.75, 3.05) is 13.2 Å². The molecule has 0 saturated carbocycles. The highest BCUT2D eigenvalue weighted by molar-refractivity contribution is 9.10. The van der Waals surface area contributed by atoms with Crippen molar-refractivity contribution in [2.45, 2.75) is 18.9 Å². The van der Waals surface area contributed by atoms with Gasteiger partial charge in [-0.25, -0.2) is 9.97 Å². The maximum Gasteiger partial charge on any atom is 0.108 e. The number of fused-ring (bicyclic) bond motifs is 1. The van der Waals surface area contributed by atoms with Crippen LogP contribution in [0.4, 0.5) is 0 Å². The summed E-state index contributed by atoms with van der Waals surface area (Å²) in [6.45, 7) is 1.68. The van der Waals surface area contributed by atoms with Crippen molar-refractivity contribution in [3.05, 3.63) is 59.1 Å². The van der Waals surface area contributed by atoms with Crippen LogP contribution < -0.4 is 0 Å². The highest BCUT2D eigenvalue weighted by Gasteiger charge is 2.28. The molecule has 2 aromatic heterocycles. The Labute approximate surface area is 143 Å². The van der Waals surface area contributed by atoms with Gasteiger partial charge in [-0.1, -0.05) is 30.3 Å². The molecule has 0 radical (unpaired) electrons. The summed E-state index contributed by atoms with van der Waals surface area (Å²) in [5.74, 6) is 0.551. The topological polar surface area (TPSA) is 39.9 Å². The van der Waals surface area contributed by atoms with Crippen LogP contribution in [0.2, 0.25) is 0 Å². The smallest absolute Gasteiger partial charge is 0.108 e. The van der Waals surface area contributed by atoms with Crippen LogP contribution >= 0.6 is 15.9 Å². The molecule has 3 heterocycles. The number of halogens is 1. The minimum absolute atomic E-state index is 0.277. The molecule has 0 bridgehead atoms. The molecule has 1 aliphatic heterocycles. The van der Waals surface area contributed by atoms with Crippen LogP contribution in [0.1, 0.15) is 24.4 Å². The maximum atomic E-state index is 5.57. The van der Waals surface area contributed by atoms with Crippen LogP contribution in [0.3, 0.4) is 0 Å². The summed E-state index contributed by atoms with van der Waals surface area (Å²) < 4.78 is 8.70. The molecule has 0 amide bonds. The van der Waals surface area contributed by atoms with Gasteiger partial charge in [0.25, 0.3) is 0 Å². The minimum Gasteiger partial charge on any atom is -0.381 e. The summed E-state index contributed by atoms with van der Waals surface area (Å²) in [4.78, 5) is 8.84. The molecule has 1 fully saturated rings. The number of imidazole rings is 1. The van der Waals surface area contributed by atoms with Gasteiger partial charge in [-0.05, 0) is 46.3 Å². The predicted molar refractivity (Wildman–Crippen MR) is 93.4 cm³/mol. The van der Waals surface area contributed by atoms with E-state index in [1.54, 1.807) is 0 Å². The van der Waals surface area contributed by atoms with Crippen molar-refractivity contribution in [1.29, 1.82) is 0 Å². The van der Waals surface area contributed by atoms with Crippen molar-refractivity contribution in [3.8, 4) is 0 Å². The highest BCUT2D eigenvalue weighted by Crippen LogP contribution is 2.35. The van der Waals surface area contributed by atoms with Gasteiger partial charge in [-0.3, -0.25) is 0 Å². The summed E-state index contributed by atoms with van der Waals surface area (Å²) >= 11 is 3.48. The first-order chi connectivity index (χ1) is 11.3. The van der Waals surface area contributed by atoms with Crippen molar-refractivity contribution in [3.63, 3.8) is 0 Å². The monoisotopic (exact) mass is 371 g/mol. The fourth-order valence-electron chi connectivity index (χ4n) is 3.47. The number of hydrogen-bond acceptors (Lipinski definition) is 3. The number of ether oxygens (including phenoxy) is 1. The molecule has 0 N–H and O–H groups in total. The lowest BCUT2D eigenvalue weighted by molar-refractivity contribution is 0.0547. The quantitative estimate of drug-likeness (QED) is 0.647. The van der Waals surface area contributed by atoms with E-state index in [9.17, 15) is 0 Å². The second-order valence-electron chi connectivity index (χ2n) is 5.95. The summed E-state index contributed by atoms with van der Waals surface area (Å²) in [5, 5.41) is 0. The van der Waals surface area contributed by atoms with Crippen LogP contribution in [0.25, 0.3) is 11.0 Å². The van der Waals surface area contributed by atoms with Gasteiger partial charge >= 0.3 is 0 Å². The zero-order valence-corrected chi connectivity index (χ0v) is 14.3.